The van der Waals surface area contributed by atoms with Crippen LogP contribution in [0.25, 0.3) is 0 Å². The van der Waals surface area contributed by atoms with E-state index in [9.17, 15) is 13.2 Å². The van der Waals surface area contributed by atoms with E-state index in [2.05, 4.69) is 5.32 Å². The van der Waals surface area contributed by atoms with Gasteiger partial charge in [-0.05, 0) is 17.0 Å². The van der Waals surface area contributed by atoms with Crippen LogP contribution >= 0.6 is 11.3 Å². The van der Waals surface area contributed by atoms with Crippen molar-refractivity contribution in [1.29, 1.82) is 0 Å². The van der Waals surface area contributed by atoms with E-state index in [1.807, 2.05) is 6.07 Å². The fourth-order valence-corrected chi connectivity index (χ4v) is 4.90. The fraction of sp³-hybridized carbons (Fsp3) is 0.312. The maximum absolute atomic E-state index is 12.8. The lowest BCUT2D eigenvalue weighted by molar-refractivity contribution is -0.123. The van der Waals surface area contributed by atoms with Gasteiger partial charge in [0.25, 0.3) is 0 Å². The number of amides is 1. The highest BCUT2D eigenvalue weighted by Crippen LogP contribution is 2.31. The third-order valence-electron chi connectivity index (χ3n) is 3.31. The van der Waals surface area contributed by atoms with Gasteiger partial charge in [-0.3, -0.25) is 4.79 Å². The van der Waals surface area contributed by atoms with Crippen molar-refractivity contribution in [3.8, 4) is 0 Å². The van der Waals surface area contributed by atoms with E-state index >= 15 is 0 Å². The highest BCUT2D eigenvalue weighted by Gasteiger charge is 2.30. The van der Waals surface area contributed by atoms with Gasteiger partial charge in [0.1, 0.15) is 9.46 Å². The van der Waals surface area contributed by atoms with E-state index in [1.54, 1.807) is 55.6 Å². The second kappa shape index (κ2) is 7.07. The summed E-state index contributed by atoms with van der Waals surface area (Å²) in [7, 11) is -3.53. The van der Waals surface area contributed by atoms with E-state index in [1.165, 1.54) is 11.3 Å². The van der Waals surface area contributed by atoms with Crippen LogP contribution in [-0.4, -0.2) is 20.9 Å². The molecule has 2 rings (SSSR count). The molecule has 6 heteroatoms. The highest BCUT2D eigenvalue weighted by molar-refractivity contribution is 7.93. The van der Waals surface area contributed by atoms with E-state index < -0.39 is 15.1 Å². The molecule has 1 aromatic carbocycles. The summed E-state index contributed by atoms with van der Waals surface area (Å²) >= 11 is 1.19. The van der Waals surface area contributed by atoms with Crippen molar-refractivity contribution in [1.82, 2.24) is 5.32 Å². The molecule has 0 aliphatic rings. The first-order valence-electron chi connectivity index (χ1n) is 7.03. The van der Waals surface area contributed by atoms with Gasteiger partial charge >= 0.3 is 0 Å². The van der Waals surface area contributed by atoms with Crippen LogP contribution in [0.15, 0.2) is 52.1 Å². The number of benzene rings is 1. The molecule has 0 spiro atoms. The third-order valence-corrected chi connectivity index (χ3v) is 6.84. The lowest BCUT2D eigenvalue weighted by atomic mass is 10.1. The zero-order chi connectivity index (χ0) is 16.2. The van der Waals surface area contributed by atoms with E-state index in [0.29, 0.717) is 9.77 Å². The first kappa shape index (κ1) is 16.7. The summed E-state index contributed by atoms with van der Waals surface area (Å²) in [5.74, 6) is -0.330. The van der Waals surface area contributed by atoms with Crippen molar-refractivity contribution in [2.24, 2.45) is 5.92 Å². The van der Waals surface area contributed by atoms with Crippen molar-refractivity contribution in [2.75, 3.05) is 6.54 Å². The second-order valence-corrected chi connectivity index (χ2v) is 8.58. The minimum absolute atomic E-state index is 0.0707. The Labute approximate surface area is 135 Å². The molecule has 22 heavy (non-hydrogen) atoms. The summed E-state index contributed by atoms with van der Waals surface area (Å²) in [5.41, 5.74) is 0.681. The number of carbonyl (C=O) groups is 1. The molecule has 1 heterocycles. The summed E-state index contributed by atoms with van der Waals surface area (Å²) in [4.78, 5) is 11.8. The van der Waals surface area contributed by atoms with Crippen molar-refractivity contribution < 1.29 is 13.2 Å². The topological polar surface area (TPSA) is 63.2 Å². The number of thiophene rings is 1. The van der Waals surface area contributed by atoms with Crippen molar-refractivity contribution >= 4 is 27.1 Å². The lowest BCUT2D eigenvalue weighted by Gasteiger charge is -2.18. The van der Waals surface area contributed by atoms with Crippen LogP contribution in [0.1, 0.15) is 24.7 Å². The minimum Gasteiger partial charge on any atom is -0.354 e. The smallest absolute Gasteiger partial charge is 0.222 e. The molecule has 0 bridgehead atoms. The number of sulfone groups is 1. The number of hydrogen-bond donors (Lipinski definition) is 1. The van der Waals surface area contributed by atoms with Gasteiger partial charge in [-0.25, -0.2) is 8.42 Å². The molecule has 0 saturated carbocycles. The van der Waals surface area contributed by atoms with Crippen LogP contribution in [0.3, 0.4) is 0 Å². The molecule has 1 atom stereocenters. The Hall–Kier alpha value is -1.66. The maximum Gasteiger partial charge on any atom is 0.222 e. The molecule has 1 amide bonds. The standard InChI is InChI=1S/C16H19NO3S2/c1-12(2)16(18)17-11-14(13-7-4-3-5-8-13)22(19,20)15-9-6-10-21-15/h3-10,12,14H,11H2,1-2H3,(H,17,18). The van der Waals surface area contributed by atoms with Gasteiger partial charge in [0, 0.05) is 12.5 Å². The molecule has 118 valence electrons. The maximum atomic E-state index is 12.8. The third kappa shape index (κ3) is 3.75. The van der Waals surface area contributed by atoms with Gasteiger partial charge in [-0.15, -0.1) is 11.3 Å². The second-order valence-electron chi connectivity index (χ2n) is 5.28. The van der Waals surface area contributed by atoms with Crippen LogP contribution in [0.5, 0.6) is 0 Å². The van der Waals surface area contributed by atoms with E-state index in [0.717, 1.165) is 0 Å². The van der Waals surface area contributed by atoms with Crippen LogP contribution in [0.2, 0.25) is 0 Å². The monoisotopic (exact) mass is 337 g/mol. The van der Waals surface area contributed by atoms with Crippen molar-refractivity contribution in [3.63, 3.8) is 0 Å². The number of hydrogen-bond acceptors (Lipinski definition) is 4. The number of carbonyl (C=O) groups excluding carboxylic acids is 1. The van der Waals surface area contributed by atoms with Gasteiger partial charge in [0.2, 0.25) is 5.91 Å². The summed E-state index contributed by atoms with van der Waals surface area (Å²) < 4.78 is 26.0. The Morgan fingerprint density at radius 2 is 1.82 bits per heavy atom. The predicted octanol–water partition coefficient (Wildman–Crippen LogP) is 3.04. The lowest BCUT2D eigenvalue weighted by Crippen LogP contribution is -2.34. The molecular weight excluding hydrogens is 318 g/mol. The first-order chi connectivity index (χ1) is 10.4. The zero-order valence-corrected chi connectivity index (χ0v) is 14.2. The Morgan fingerprint density at radius 1 is 1.14 bits per heavy atom. The van der Waals surface area contributed by atoms with Crippen LogP contribution < -0.4 is 5.32 Å². The molecule has 0 aliphatic carbocycles. The Bertz CT molecular complexity index is 707. The van der Waals surface area contributed by atoms with E-state index in [4.69, 9.17) is 0 Å². The molecule has 2 aromatic rings. The molecule has 0 fully saturated rings. The fourth-order valence-electron chi connectivity index (χ4n) is 2.04. The van der Waals surface area contributed by atoms with Crippen LogP contribution in [-0.2, 0) is 14.6 Å². The van der Waals surface area contributed by atoms with Crippen molar-refractivity contribution in [3.05, 3.63) is 53.4 Å². The minimum atomic E-state index is -3.53. The summed E-state index contributed by atoms with van der Waals surface area (Å²) in [6, 6.07) is 12.3. The molecule has 0 aliphatic heterocycles. The highest BCUT2D eigenvalue weighted by atomic mass is 32.2. The molecule has 0 radical (unpaired) electrons. The molecule has 1 N–H and O–H groups in total. The van der Waals surface area contributed by atoms with Crippen molar-refractivity contribution in [2.45, 2.75) is 23.3 Å². The van der Waals surface area contributed by atoms with E-state index in [-0.39, 0.29) is 18.4 Å². The summed E-state index contributed by atoms with van der Waals surface area (Å²) in [6.45, 7) is 3.63. The molecule has 1 unspecified atom stereocenters. The summed E-state index contributed by atoms with van der Waals surface area (Å²) in [5, 5.41) is 3.69. The molecule has 1 aromatic heterocycles. The van der Waals surface area contributed by atoms with Gasteiger partial charge < -0.3 is 5.32 Å². The quantitative estimate of drug-likeness (QED) is 0.881. The predicted molar refractivity (Wildman–Crippen MR) is 88.5 cm³/mol. The number of rotatable bonds is 6. The molecular formula is C16H19NO3S2. The van der Waals surface area contributed by atoms with Crippen LogP contribution in [0.4, 0.5) is 0 Å². The van der Waals surface area contributed by atoms with Gasteiger partial charge in [0.05, 0.1) is 0 Å². The average molecular weight is 337 g/mol. The van der Waals surface area contributed by atoms with Gasteiger partial charge in [-0.2, -0.15) is 0 Å². The Morgan fingerprint density at radius 3 is 2.36 bits per heavy atom. The molecule has 4 nitrogen and oxygen atoms in total. The Kier molecular flexibility index (Phi) is 5.37. The largest absolute Gasteiger partial charge is 0.354 e. The average Bonchev–Trinajstić information content (AvgIpc) is 3.03. The SMILES string of the molecule is CC(C)C(=O)NCC(c1ccccc1)S(=O)(=O)c1cccs1. The Balaban J connectivity index is 2.32. The zero-order valence-electron chi connectivity index (χ0n) is 12.5. The summed E-state index contributed by atoms with van der Waals surface area (Å²) in [6.07, 6.45) is 0. The molecule has 0 saturated heterocycles. The van der Waals surface area contributed by atoms with Crippen LogP contribution in [0, 0.1) is 5.92 Å². The first-order valence-corrected chi connectivity index (χ1v) is 9.45. The van der Waals surface area contributed by atoms with Gasteiger partial charge in [-0.1, -0.05) is 50.2 Å². The normalized spacial score (nSPS) is 13.0. The number of nitrogens with one attached hydrogen (secondary N) is 1. The van der Waals surface area contributed by atoms with Gasteiger partial charge in [0.15, 0.2) is 9.84 Å².